The van der Waals surface area contributed by atoms with Crippen LogP contribution in [0.1, 0.15) is 5.56 Å². The Labute approximate surface area is 162 Å². The number of benzene rings is 2. The van der Waals surface area contributed by atoms with E-state index in [9.17, 15) is 9.18 Å². The van der Waals surface area contributed by atoms with Crippen LogP contribution < -0.4 is 9.47 Å². The van der Waals surface area contributed by atoms with E-state index in [2.05, 4.69) is 4.98 Å². The van der Waals surface area contributed by atoms with Crippen molar-refractivity contribution in [3.8, 4) is 22.8 Å². The van der Waals surface area contributed by atoms with Gasteiger partial charge in [-0.15, -0.1) is 0 Å². The van der Waals surface area contributed by atoms with Crippen molar-refractivity contribution >= 4 is 6.09 Å². The Bertz CT molecular complexity index is 968. The van der Waals surface area contributed by atoms with Crippen LogP contribution in [0, 0.1) is 12.7 Å². The Morgan fingerprint density at radius 3 is 2.50 bits per heavy atom. The second kappa shape index (κ2) is 7.68. The minimum atomic E-state index is -0.397. The van der Waals surface area contributed by atoms with Crippen molar-refractivity contribution in [3.63, 3.8) is 0 Å². The van der Waals surface area contributed by atoms with Crippen LogP contribution in [-0.2, 0) is 0 Å². The van der Waals surface area contributed by atoms with E-state index in [4.69, 9.17) is 9.47 Å². The minimum Gasteiger partial charge on any atom is -0.471 e. The van der Waals surface area contributed by atoms with Crippen LogP contribution in [0.3, 0.4) is 0 Å². The number of ether oxygens (including phenoxy) is 2. The summed E-state index contributed by atoms with van der Waals surface area (Å²) in [6.45, 7) is 2.84. The highest BCUT2D eigenvalue weighted by molar-refractivity contribution is 5.71. The van der Waals surface area contributed by atoms with Gasteiger partial charge in [0.05, 0.1) is 13.1 Å². The highest BCUT2D eigenvalue weighted by Gasteiger charge is 2.34. The lowest BCUT2D eigenvalue weighted by molar-refractivity contribution is 0.0259. The Kier molecular flexibility index (Phi) is 4.93. The van der Waals surface area contributed by atoms with Crippen molar-refractivity contribution in [1.29, 1.82) is 0 Å². The van der Waals surface area contributed by atoms with Crippen molar-refractivity contribution in [2.75, 3.05) is 13.1 Å². The van der Waals surface area contributed by atoms with E-state index in [-0.39, 0.29) is 11.9 Å². The van der Waals surface area contributed by atoms with Crippen molar-refractivity contribution in [2.45, 2.75) is 13.0 Å². The van der Waals surface area contributed by atoms with Gasteiger partial charge < -0.3 is 14.4 Å². The van der Waals surface area contributed by atoms with Gasteiger partial charge in [0.2, 0.25) is 5.88 Å². The molecular weight excluding hydrogens is 359 g/mol. The fraction of sp³-hybridized carbons (Fsp3) is 0.182. The van der Waals surface area contributed by atoms with E-state index >= 15 is 0 Å². The van der Waals surface area contributed by atoms with Crippen LogP contribution >= 0.6 is 0 Å². The molecule has 0 atom stereocenters. The molecule has 2 heterocycles. The lowest BCUT2D eigenvalue weighted by Gasteiger charge is -2.37. The van der Waals surface area contributed by atoms with Crippen LogP contribution in [0.2, 0.25) is 0 Å². The molecule has 4 rings (SSSR count). The fourth-order valence-corrected chi connectivity index (χ4v) is 2.91. The third-order valence-electron chi connectivity index (χ3n) is 4.54. The average Bonchev–Trinajstić information content (AvgIpc) is 2.67. The Morgan fingerprint density at radius 2 is 1.82 bits per heavy atom. The lowest BCUT2D eigenvalue weighted by atomic mass is 10.1. The zero-order chi connectivity index (χ0) is 19.5. The Morgan fingerprint density at radius 1 is 1.07 bits per heavy atom. The van der Waals surface area contributed by atoms with Gasteiger partial charge in [-0.3, -0.25) is 0 Å². The number of aromatic nitrogens is 1. The molecule has 0 saturated carbocycles. The van der Waals surface area contributed by atoms with Gasteiger partial charge in [-0.25, -0.2) is 14.2 Å². The second-order valence-corrected chi connectivity index (χ2v) is 6.69. The summed E-state index contributed by atoms with van der Waals surface area (Å²) in [5.41, 5.74) is 2.28. The van der Waals surface area contributed by atoms with Crippen LogP contribution in [0.15, 0.2) is 66.9 Å². The van der Waals surface area contributed by atoms with Gasteiger partial charge in [0.25, 0.3) is 0 Å². The van der Waals surface area contributed by atoms with Crippen molar-refractivity contribution in [1.82, 2.24) is 9.88 Å². The summed E-state index contributed by atoms with van der Waals surface area (Å²) >= 11 is 0. The molecular formula is C22H19FN2O3. The predicted octanol–water partition coefficient (Wildman–Crippen LogP) is 4.46. The molecule has 0 N–H and O–H groups in total. The van der Waals surface area contributed by atoms with E-state index in [0.29, 0.717) is 35.8 Å². The molecule has 1 saturated heterocycles. The number of amides is 1. The molecule has 0 spiro atoms. The fourth-order valence-electron chi connectivity index (χ4n) is 2.91. The van der Waals surface area contributed by atoms with Crippen LogP contribution in [0.4, 0.5) is 9.18 Å². The molecule has 1 amide bonds. The Hall–Kier alpha value is -3.41. The van der Waals surface area contributed by atoms with Gasteiger partial charge in [-0.2, -0.15) is 0 Å². The first-order chi connectivity index (χ1) is 13.6. The molecule has 5 nitrogen and oxygen atoms in total. The first kappa shape index (κ1) is 18.0. The standard InChI is InChI=1S/C22H19FN2O3/c1-15-6-9-17(10-7-15)28-22(26)25-13-18(14-25)27-21-11-8-16(12-24-21)19-4-2-3-5-20(19)23/h2-12,18H,13-14H2,1H3. The summed E-state index contributed by atoms with van der Waals surface area (Å²) in [6.07, 6.45) is 1.04. The summed E-state index contributed by atoms with van der Waals surface area (Å²) < 4.78 is 24.9. The molecule has 1 aromatic heterocycles. The summed E-state index contributed by atoms with van der Waals surface area (Å²) in [6, 6.07) is 17.3. The minimum absolute atomic E-state index is 0.141. The van der Waals surface area contributed by atoms with E-state index in [1.165, 1.54) is 6.07 Å². The van der Waals surface area contributed by atoms with Gasteiger partial charge in [-0.1, -0.05) is 35.9 Å². The van der Waals surface area contributed by atoms with Crippen LogP contribution in [0.5, 0.6) is 11.6 Å². The number of nitrogens with zero attached hydrogens (tertiary/aromatic N) is 2. The molecule has 0 aliphatic carbocycles. The highest BCUT2D eigenvalue weighted by Crippen LogP contribution is 2.24. The molecule has 1 aliphatic rings. The van der Waals surface area contributed by atoms with Gasteiger partial charge in [0, 0.05) is 23.4 Å². The van der Waals surface area contributed by atoms with Gasteiger partial charge >= 0.3 is 6.09 Å². The molecule has 1 aliphatic heterocycles. The maximum absolute atomic E-state index is 13.8. The third kappa shape index (κ3) is 3.96. The van der Waals surface area contributed by atoms with Crippen LogP contribution in [0.25, 0.3) is 11.1 Å². The van der Waals surface area contributed by atoms with Gasteiger partial charge in [-0.05, 0) is 31.2 Å². The maximum Gasteiger partial charge on any atom is 0.415 e. The zero-order valence-electron chi connectivity index (χ0n) is 15.3. The van der Waals surface area contributed by atoms with E-state index < -0.39 is 6.09 Å². The molecule has 3 aromatic rings. The monoisotopic (exact) mass is 378 g/mol. The first-order valence-electron chi connectivity index (χ1n) is 8.99. The quantitative estimate of drug-likeness (QED) is 0.673. The summed E-state index contributed by atoms with van der Waals surface area (Å²) in [4.78, 5) is 17.9. The largest absolute Gasteiger partial charge is 0.471 e. The normalized spacial score (nSPS) is 13.7. The lowest BCUT2D eigenvalue weighted by Crippen LogP contribution is -2.57. The number of rotatable bonds is 4. The van der Waals surface area contributed by atoms with Crippen LogP contribution in [-0.4, -0.2) is 35.2 Å². The number of aryl methyl sites for hydroxylation is 1. The summed E-state index contributed by atoms with van der Waals surface area (Å²) in [5, 5.41) is 0. The number of likely N-dealkylation sites (tertiary alicyclic amines) is 1. The third-order valence-corrected chi connectivity index (χ3v) is 4.54. The number of hydrogen-bond donors (Lipinski definition) is 0. The molecule has 0 bridgehead atoms. The number of carbonyl (C=O) groups excluding carboxylic acids is 1. The van der Waals surface area contributed by atoms with Crippen molar-refractivity contribution in [3.05, 3.63) is 78.2 Å². The maximum atomic E-state index is 13.8. The zero-order valence-corrected chi connectivity index (χ0v) is 15.3. The average molecular weight is 378 g/mol. The number of pyridine rings is 1. The molecule has 28 heavy (non-hydrogen) atoms. The molecule has 142 valence electrons. The topological polar surface area (TPSA) is 51.7 Å². The van der Waals surface area contributed by atoms with Crippen molar-refractivity contribution < 1.29 is 18.7 Å². The molecule has 6 heteroatoms. The summed E-state index contributed by atoms with van der Waals surface area (Å²) in [5.74, 6) is 0.668. The van der Waals surface area contributed by atoms with E-state index in [0.717, 1.165) is 5.56 Å². The number of hydrogen-bond acceptors (Lipinski definition) is 4. The predicted molar refractivity (Wildman–Crippen MR) is 103 cm³/mol. The molecule has 0 unspecified atom stereocenters. The Balaban J connectivity index is 1.29. The van der Waals surface area contributed by atoms with Gasteiger partial charge in [0.1, 0.15) is 17.7 Å². The summed E-state index contributed by atoms with van der Waals surface area (Å²) in [7, 11) is 0. The van der Waals surface area contributed by atoms with Gasteiger partial charge in [0.15, 0.2) is 0 Å². The highest BCUT2D eigenvalue weighted by atomic mass is 19.1. The first-order valence-corrected chi connectivity index (χ1v) is 8.99. The number of carbonyl (C=O) groups is 1. The van der Waals surface area contributed by atoms with E-state index in [1.807, 2.05) is 19.1 Å². The number of halogens is 1. The van der Waals surface area contributed by atoms with Crippen molar-refractivity contribution in [2.24, 2.45) is 0 Å². The molecule has 0 radical (unpaired) electrons. The molecule has 2 aromatic carbocycles. The molecule has 1 fully saturated rings. The smallest absolute Gasteiger partial charge is 0.415 e. The van der Waals surface area contributed by atoms with E-state index in [1.54, 1.807) is 53.6 Å². The SMILES string of the molecule is Cc1ccc(OC(=O)N2CC(Oc3ccc(-c4ccccc4F)cn3)C2)cc1. The second-order valence-electron chi connectivity index (χ2n) is 6.69.